The monoisotopic (exact) mass is 280 g/mol. The summed E-state index contributed by atoms with van der Waals surface area (Å²) < 4.78 is 6.61. The molecule has 0 aromatic heterocycles. The van der Waals surface area contributed by atoms with E-state index in [9.17, 15) is 0 Å². The average Bonchev–Trinajstić information content (AvgIpc) is 2.21. The van der Waals surface area contributed by atoms with Gasteiger partial charge in [0.05, 0.1) is 6.10 Å². The predicted octanol–water partition coefficient (Wildman–Crippen LogP) is 5.70. The third-order valence-corrected chi connectivity index (χ3v) is 9.60. The van der Waals surface area contributed by atoms with Crippen molar-refractivity contribution in [3.05, 3.63) is 23.8 Å². The minimum atomic E-state index is -1.69. The lowest BCUT2D eigenvalue weighted by Crippen LogP contribution is -2.45. The summed E-state index contributed by atoms with van der Waals surface area (Å²) in [5.74, 6) is 0. The van der Waals surface area contributed by atoms with Crippen LogP contribution in [0.2, 0.25) is 18.1 Å². The van der Waals surface area contributed by atoms with Gasteiger partial charge in [0.1, 0.15) is 0 Å². The van der Waals surface area contributed by atoms with Gasteiger partial charge in [-0.1, -0.05) is 47.3 Å². The molecule has 0 saturated carbocycles. The van der Waals surface area contributed by atoms with Crippen molar-refractivity contribution < 1.29 is 4.43 Å². The summed E-state index contributed by atoms with van der Waals surface area (Å²) in [4.78, 5) is 0. The highest BCUT2D eigenvalue weighted by atomic mass is 28.4. The van der Waals surface area contributed by atoms with Crippen LogP contribution in [0.1, 0.15) is 54.4 Å². The van der Waals surface area contributed by atoms with Crippen LogP contribution in [-0.2, 0) is 4.43 Å². The molecule has 0 saturated heterocycles. The van der Waals surface area contributed by atoms with E-state index in [4.69, 9.17) is 4.43 Å². The molecule has 0 spiro atoms. The Bertz CT molecular complexity index is 383. The molecule has 1 aliphatic carbocycles. The molecule has 1 aliphatic rings. The van der Waals surface area contributed by atoms with Crippen LogP contribution in [0.25, 0.3) is 0 Å². The number of allylic oxidation sites excluding steroid dienone is 2. The molecule has 0 aromatic rings. The van der Waals surface area contributed by atoms with Crippen LogP contribution >= 0.6 is 0 Å². The fourth-order valence-corrected chi connectivity index (χ4v) is 4.03. The van der Waals surface area contributed by atoms with E-state index in [-0.39, 0.29) is 10.5 Å². The first-order valence-electron chi connectivity index (χ1n) is 7.44. The maximum absolute atomic E-state index is 6.61. The second-order valence-corrected chi connectivity index (χ2v) is 12.8. The van der Waals surface area contributed by atoms with Crippen molar-refractivity contribution in [2.24, 2.45) is 5.41 Å². The van der Waals surface area contributed by atoms with Crippen LogP contribution in [0.5, 0.6) is 0 Å². The molecule has 19 heavy (non-hydrogen) atoms. The summed E-state index contributed by atoms with van der Waals surface area (Å²) in [5.41, 5.74) is 3.04. The van der Waals surface area contributed by atoms with E-state index in [0.717, 1.165) is 6.42 Å². The largest absolute Gasteiger partial charge is 0.410 e. The van der Waals surface area contributed by atoms with E-state index >= 15 is 0 Å². The van der Waals surface area contributed by atoms with Gasteiger partial charge in [-0.2, -0.15) is 0 Å². The maximum atomic E-state index is 6.61. The third-order valence-electron chi connectivity index (χ3n) is 5.12. The Morgan fingerprint density at radius 1 is 1.32 bits per heavy atom. The molecular formula is C17H32OSi. The molecule has 0 fully saturated rings. The molecule has 1 rings (SSSR count). The highest BCUT2D eigenvalue weighted by Crippen LogP contribution is 2.44. The first-order chi connectivity index (χ1) is 8.42. The summed E-state index contributed by atoms with van der Waals surface area (Å²) in [6.45, 7) is 22.5. The minimum Gasteiger partial charge on any atom is -0.410 e. The zero-order valence-electron chi connectivity index (χ0n) is 14.2. The van der Waals surface area contributed by atoms with Crippen molar-refractivity contribution in [1.29, 1.82) is 0 Å². The topological polar surface area (TPSA) is 9.23 Å². The number of hydrogen-bond donors (Lipinski definition) is 0. The molecule has 1 unspecified atom stereocenters. The molecule has 110 valence electrons. The van der Waals surface area contributed by atoms with E-state index in [1.54, 1.807) is 0 Å². The van der Waals surface area contributed by atoms with Crippen molar-refractivity contribution in [3.63, 3.8) is 0 Å². The van der Waals surface area contributed by atoms with Gasteiger partial charge in [-0.25, -0.2) is 0 Å². The molecule has 0 amide bonds. The summed E-state index contributed by atoms with van der Waals surface area (Å²) in [5, 5.41) is 0.272. The van der Waals surface area contributed by atoms with Gasteiger partial charge >= 0.3 is 0 Å². The zero-order valence-corrected chi connectivity index (χ0v) is 15.2. The van der Waals surface area contributed by atoms with Crippen molar-refractivity contribution in [2.75, 3.05) is 0 Å². The Hall–Kier alpha value is -0.343. The van der Waals surface area contributed by atoms with Crippen LogP contribution in [0.4, 0.5) is 0 Å². The molecule has 1 atom stereocenters. The predicted molar refractivity (Wildman–Crippen MR) is 88.0 cm³/mol. The lowest BCUT2D eigenvalue weighted by Gasteiger charge is -2.44. The molecule has 0 heterocycles. The SMILES string of the molecule is C=CC1=C(C)C(O[Si](C)(C)C(C)(C)C)CCC1(C)C. The van der Waals surface area contributed by atoms with Gasteiger partial charge in [0.2, 0.25) is 0 Å². The number of hydrogen-bond acceptors (Lipinski definition) is 1. The van der Waals surface area contributed by atoms with Gasteiger partial charge in [0, 0.05) is 0 Å². The van der Waals surface area contributed by atoms with E-state index in [1.807, 2.05) is 6.08 Å². The number of rotatable bonds is 3. The molecule has 0 aliphatic heterocycles. The molecule has 0 bridgehead atoms. The lowest BCUT2D eigenvalue weighted by atomic mass is 9.72. The standard InChI is InChI=1S/C17H32OSi/c1-10-14-13(2)15(11-12-17(14,6)7)18-19(8,9)16(3,4)5/h10,15H,1,11-12H2,2-9H3. The molecule has 0 radical (unpaired) electrons. The Morgan fingerprint density at radius 2 is 1.84 bits per heavy atom. The van der Waals surface area contributed by atoms with Gasteiger partial charge in [0.25, 0.3) is 0 Å². The second kappa shape index (κ2) is 5.21. The lowest BCUT2D eigenvalue weighted by molar-refractivity contribution is 0.168. The summed E-state index contributed by atoms with van der Waals surface area (Å²) in [6.07, 6.45) is 4.66. The van der Waals surface area contributed by atoms with E-state index in [0.29, 0.717) is 6.10 Å². The third kappa shape index (κ3) is 3.40. The molecule has 2 heteroatoms. The van der Waals surface area contributed by atoms with Crippen LogP contribution in [0.15, 0.2) is 23.8 Å². The highest BCUT2D eigenvalue weighted by Gasteiger charge is 2.41. The summed E-state index contributed by atoms with van der Waals surface area (Å²) >= 11 is 0. The molecular weight excluding hydrogens is 248 g/mol. The van der Waals surface area contributed by atoms with E-state index < -0.39 is 8.32 Å². The molecule has 0 aromatic carbocycles. The normalized spacial score (nSPS) is 24.5. The Labute approximate surface area is 121 Å². The first-order valence-corrected chi connectivity index (χ1v) is 10.3. The zero-order chi connectivity index (χ0) is 15.1. The molecule has 0 N–H and O–H groups in total. The maximum Gasteiger partial charge on any atom is 0.192 e. The minimum absolute atomic E-state index is 0.249. The van der Waals surface area contributed by atoms with Crippen LogP contribution in [-0.4, -0.2) is 14.4 Å². The fourth-order valence-electron chi connectivity index (χ4n) is 2.67. The van der Waals surface area contributed by atoms with Gasteiger partial charge in [-0.05, 0) is 54.5 Å². The van der Waals surface area contributed by atoms with Gasteiger partial charge in [-0.3, -0.25) is 0 Å². The van der Waals surface area contributed by atoms with Crippen molar-refractivity contribution >= 4 is 8.32 Å². The smallest absolute Gasteiger partial charge is 0.192 e. The van der Waals surface area contributed by atoms with Crippen LogP contribution < -0.4 is 0 Å². The van der Waals surface area contributed by atoms with Crippen LogP contribution in [0.3, 0.4) is 0 Å². The van der Waals surface area contributed by atoms with Gasteiger partial charge in [-0.15, -0.1) is 0 Å². The first kappa shape index (κ1) is 16.7. The average molecular weight is 281 g/mol. The molecule has 1 nitrogen and oxygen atoms in total. The second-order valence-electron chi connectivity index (χ2n) is 8.09. The Balaban J connectivity index is 3.03. The summed E-state index contributed by atoms with van der Waals surface area (Å²) in [7, 11) is -1.69. The quantitative estimate of drug-likeness (QED) is 0.603. The summed E-state index contributed by atoms with van der Waals surface area (Å²) in [6, 6.07) is 0. The Morgan fingerprint density at radius 3 is 2.26 bits per heavy atom. The van der Waals surface area contributed by atoms with Crippen molar-refractivity contribution in [2.45, 2.75) is 78.6 Å². The van der Waals surface area contributed by atoms with E-state index in [2.05, 4.69) is 61.2 Å². The van der Waals surface area contributed by atoms with Gasteiger partial charge < -0.3 is 4.43 Å². The van der Waals surface area contributed by atoms with Crippen molar-refractivity contribution in [3.8, 4) is 0 Å². The van der Waals surface area contributed by atoms with Gasteiger partial charge in [0.15, 0.2) is 8.32 Å². The van der Waals surface area contributed by atoms with Crippen LogP contribution in [0, 0.1) is 5.41 Å². The fraction of sp³-hybridized carbons (Fsp3) is 0.765. The van der Waals surface area contributed by atoms with E-state index in [1.165, 1.54) is 17.6 Å². The Kier molecular flexibility index (Phi) is 4.58. The van der Waals surface area contributed by atoms with Crippen molar-refractivity contribution in [1.82, 2.24) is 0 Å². The highest BCUT2D eigenvalue weighted by molar-refractivity contribution is 6.74.